The molecule has 6 nitrogen and oxygen atoms in total. The topological polar surface area (TPSA) is 73.2 Å². The summed E-state index contributed by atoms with van der Waals surface area (Å²) in [6, 6.07) is 9.83. The molecule has 35 heavy (non-hydrogen) atoms. The summed E-state index contributed by atoms with van der Waals surface area (Å²) < 4.78 is 71.7. The average Bonchev–Trinajstić information content (AvgIpc) is 3.14. The number of methoxy groups -OCH3 is 1. The van der Waals surface area contributed by atoms with E-state index in [-0.39, 0.29) is 17.7 Å². The number of rotatable bonds is 7. The molecule has 0 spiro atoms. The Bertz CT molecular complexity index is 1200. The van der Waals surface area contributed by atoms with Crippen LogP contribution in [0.1, 0.15) is 68.2 Å². The van der Waals surface area contributed by atoms with E-state index in [9.17, 15) is 31.5 Å². The number of benzene rings is 2. The number of halogens is 5. The fourth-order valence-electron chi connectivity index (χ4n) is 3.57. The molecule has 0 bridgehead atoms. The van der Waals surface area contributed by atoms with Gasteiger partial charge in [0, 0.05) is 13.5 Å². The average molecular weight is 495 g/mol. The van der Waals surface area contributed by atoms with Gasteiger partial charge in [0.2, 0.25) is 0 Å². The molecule has 0 aliphatic rings. The number of nitrogens with zero attached hydrogens (tertiary/aromatic N) is 2. The van der Waals surface area contributed by atoms with Gasteiger partial charge in [-0.15, -0.1) is 0 Å². The van der Waals surface area contributed by atoms with Crippen molar-refractivity contribution < 1.29 is 36.3 Å². The zero-order valence-corrected chi connectivity index (χ0v) is 19.0. The molecule has 0 saturated carbocycles. The van der Waals surface area contributed by atoms with Crippen LogP contribution in [0, 0.1) is 0 Å². The molecule has 1 unspecified atom stereocenters. The normalized spacial score (nSPS) is 12.5. The maximum absolute atomic E-state index is 13.7. The van der Waals surface area contributed by atoms with E-state index < -0.39 is 41.8 Å². The van der Waals surface area contributed by atoms with Gasteiger partial charge in [-0.05, 0) is 42.3 Å². The van der Waals surface area contributed by atoms with Gasteiger partial charge in [-0.2, -0.15) is 18.3 Å². The molecular weight excluding hydrogens is 473 g/mol. The molecule has 186 valence electrons. The molecule has 1 heterocycles. The predicted molar refractivity (Wildman–Crippen MR) is 116 cm³/mol. The number of amides is 1. The first kappa shape index (κ1) is 25.9. The number of hydrogen-bond acceptors (Lipinski definition) is 4. The monoisotopic (exact) mass is 495 g/mol. The molecule has 0 fully saturated rings. The molecule has 3 rings (SSSR count). The lowest BCUT2D eigenvalue weighted by atomic mass is 10.0. The molecule has 1 N–H and O–H groups in total. The Balaban J connectivity index is 1.87. The van der Waals surface area contributed by atoms with Gasteiger partial charge in [0.25, 0.3) is 12.3 Å². The molecule has 0 saturated heterocycles. The number of carbonyl (C=O) groups excluding carboxylic acids is 2. The number of hydrogen-bond donors (Lipinski definition) is 1. The van der Waals surface area contributed by atoms with E-state index in [0.717, 1.165) is 16.8 Å². The van der Waals surface area contributed by atoms with Gasteiger partial charge in [0.15, 0.2) is 0 Å². The number of nitrogens with one attached hydrogen (secondary N) is 1. The van der Waals surface area contributed by atoms with E-state index >= 15 is 0 Å². The quantitative estimate of drug-likeness (QED) is 0.359. The van der Waals surface area contributed by atoms with Crippen molar-refractivity contribution in [1.29, 1.82) is 0 Å². The molecule has 3 aromatic rings. The number of aromatic nitrogens is 2. The highest BCUT2D eigenvalue weighted by atomic mass is 19.4. The van der Waals surface area contributed by atoms with Crippen molar-refractivity contribution in [3.05, 3.63) is 87.7 Å². The van der Waals surface area contributed by atoms with Gasteiger partial charge < -0.3 is 10.1 Å². The number of esters is 1. The van der Waals surface area contributed by atoms with Crippen molar-refractivity contribution in [3.63, 3.8) is 0 Å². The summed E-state index contributed by atoms with van der Waals surface area (Å²) in [5.41, 5.74) is -0.461. The molecule has 1 aromatic heterocycles. The fourth-order valence-corrected chi connectivity index (χ4v) is 3.57. The fraction of sp³-hybridized carbons (Fsp3) is 0.292. The van der Waals surface area contributed by atoms with Gasteiger partial charge in [-0.3, -0.25) is 9.48 Å². The Morgan fingerprint density at radius 1 is 1.06 bits per heavy atom. The molecule has 1 atom stereocenters. The number of aryl methyl sites for hydroxylation is 1. The first-order chi connectivity index (χ1) is 16.4. The van der Waals surface area contributed by atoms with Crippen LogP contribution in [0.5, 0.6) is 0 Å². The summed E-state index contributed by atoms with van der Waals surface area (Å²) in [5, 5.41) is 6.43. The van der Waals surface area contributed by atoms with Crippen molar-refractivity contribution in [2.45, 2.75) is 32.0 Å². The van der Waals surface area contributed by atoms with Gasteiger partial charge >= 0.3 is 12.1 Å². The van der Waals surface area contributed by atoms with Gasteiger partial charge in [-0.25, -0.2) is 13.6 Å². The summed E-state index contributed by atoms with van der Waals surface area (Å²) in [6.45, 7) is 1.64. The molecule has 0 radical (unpaired) electrons. The first-order valence-electron chi connectivity index (χ1n) is 10.4. The lowest BCUT2D eigenvalue weighted by Crippen LogP contribution is -2.28. The second-order valence-corrected chi connectivity index (χ2v) is 7.81. The molecule has 0 aliphatic carbocycles. The van der Waals surface area contributed by atoms with Gasteiger partial charge in [0.1, 0.15) is 5.69 Å². The second-order valence-electron chi connectivity index (χ2n) is 7.81. The third kappa shape index (κ3) is 5.84. The van der Waals surface area contributed by atoms with Gasteiger partial charge in [0.05, 0.1) is 35.5 Å². The van der Waals surface area contributed by atoms with E-state index in [2.05, 4.69) is 15.2 Å². The van der Waals surface area contributed by atoms with Crippen LogP contribution in [-0.4, -0.2) is 28.8 Å². The molecule has 2 aromatic carbocycles. The van der Waals surface area contributed by atoms with E-state index in [4.69, 9.17) is 0 Å². The minimum absolute atomic E-state index is 0.0840. The van der Waals surface area contributed by atoms with Crippen LogP contribution in [0.15, 0.2) is 48.5 Å². The van der Waals surface area contributed by atoms with Crippen LogP contribution in [-0.2, 0) is 24.4 Å². The van der Waals surface area contributed by atoms with Crippen molar-refractivity contribution in [2.75, 3.05) is 7.11 Å². The third-order valence-electron chi connectivity index (χ3n) is 5.46. The Labute approximate surface area is 197 Å². The SMILES string of the molecule is COC(=O)c1ccc(C(C)NC(=O)c2c(C(F)F)nn(C)c2Cc2ccc(C(F)(F)F)cc2)cc1. The summed E-state index contributed by atoms with van der Waals surface area (Å²) in [6.07, 6.45) is -7.64. The van der Waals surface area contributed by atoms with E-state index in [1.54, 1.807) is 19.1 Å². The summed E-state index contributed by atoms with van der Waals surface area (Å²) in [4.78, 5) is 24.7. The second kappa shape index (κ2) is 10.2. The van der Waals surface area contributed by atoms with Crippen LogP contribution < -0.4 is 5.32 Å². The van der Waals surface area contributed by atoms with Crippen molar-refractivity contribution in [1.82, 2.24) is 15.1 Å². The Morgan fingerprint density at radius 3 is 2.17 bits per heavy atom. The van der Waals surface area contributed by atoms with E-state index in [1.165, 1.54) is 38.4 Å². The standard InChI is InChI=1S/C24H22F5N3O3/c1-13(15-6-8-16(9-7-15)23(34)35-3)30-22(33)19-18(32(2)31-20(19)21(25)26)12-14-4-10-17(11-5-14)24(27,28)29/h4-11,13,21H,12H2,1-3H3,(H,30,33). The summed E-state index contributed by atoms with van der Waals surface area (Å²) in [5.74, 6) is -1.34. The van der Waals surface area contributed by atoms with E-state index in [0.29, 0.717) is 16.7 Å². The zero-order chi connectivity index (χ0) is 25.9. The smallest absolute Gasteiger partial charge is 0.416 e. The maximum Gasteiger partial charge on any atom is 0.416 e. The van der Waals surface area contributed by atoms with Crippen molar-refractivity contribution in [3.8, 4) is 0 Å². The van der Waals surface area contributed by atoms with Crippen LogP contribution >= 0.6 is 0 Å². The van der Waals surface area contributed by atoms with Crippen molar-refractivity contribution in [2.24, 2.45) is 7.05 Å². The highest BCUT2D eigenvalue weighted by Crippen LogP contribution is 2.31. The summed E-state index contributed by atoms with van der Waals surface area (Å²) >= 11 is 0. The highest BCUT2D eigenvalue weighted by Gasteiger charge is 2.31. The zero-order valence-electron chi connectivity index (χ0n) is 19.0. The lowest BCUT2D eigenvalue weighted by molar-refractivity contribution is -0.137. The number of carbonyl (C=O) groups is 2. The Kier molecular flexibility index (Phi) is 7.57. The summed E-state index contributed by atoms with van der Waals surface area (Å²) in [7, 11) is 2.63. The molecule has 11 heteroatoms. The van der Waals surface area contributed by atoms with Crippen LogP contribution in [0.2, 0.25) is 0 Å². The molecule has 0 aliphatic heterocycles. The largest absolute Gasteiger partial charge is 0.465 e. The Hall–Kier alpha value is -3.76. The first-order valence-corrected chi connectivity index (χ1v) is 10.4. The minimum Gasteiger partial charge on any atom is -0.465 e. The van der Waals surface area contributed by atoms with Crippen LogP contribution in [0.4, 0.5) is 22.0 Å². The number of ether oxygens (including phenoxy) is 1. The Morgan fingerprint density at radius 2 is 1.66 bits per heavy atom. The van der Waals surface area contributed by atoms with Crippen molar-refractivity contribution >= 4 is 11.9 Å². The lowest BCUT2D eigenvalue weighted by Gasteiger charge is -2.16. The van der Waals surface area contributed by atoms with E-state index in [1.807, 2.05) is 0 Å². The third-order valence-corrected chi connectivity index (χ3v) is 5.46. The maximum atomic E-state index is 13.7. The van der Waals surface area contributed by atoms with Crippen LogP contribution in [0.3, 0.4) is 0 Å². The molecular formula is C24H22F5N3O3. The highest BCUT2D eigenvalue weighted by molar-refractivity contribution is 5.97. The van der Waals surface area contributed by atoms with Gasteiger partial charge in [-0.1, -0.05) is 24.3 Å². The molecule has 1 amide bonds. The predicted octanol–water partition coefficient (Wildman–Crippen LogP) is 5.24. The number of alkyl halides is 5. The van der Waals surface area contributed by atoms with Crippen LogP contribution in [0.25, 0.3) is 0 Å². The minimum atomic E-state index is -4.51.